The van der Waals surface area contributed by atoms with E-state index in [1.807, 2.05) is 0 Å². The standard InChI is InChI=1S/C15H21Cl2NO2S/c1-2-6-18-15(11-5-7-20-9-11)10-21(19)12-3-4-13(16)14(17)8-12/h3-4,8,11,15,18H,2,5-7,9-10H2,1H3. The number of rotatable bonds is 7. The molecule has 1 heterocycles. The van der Waals surface area contributed by atoms with E-state index < -0.39 is 10.8 Å². The van der Waals surface area contributed by atoms with Gasteiger partial charge in [-0.1, -0.05) is 30.1 Å². The maximum absolute atomic E-state index is 12.6. The lowest BCUT2D eigenvalue weighted by atomic mass is 10.0. The first-order valence-electron chi connectivity index (χ1n) is 7.26. The van der Waals surface area contributed by atoms with Crippen molar-refractivity contribution in [3.8, 4) is 0 Å². The number of ether oxygens (including phenoxy) is 1. The van der Waals surface area contributed by atoms with Crippen LogP contribution in [0.2, 0.25) is 10.0 Å². The normalized spacial score (nSPS) is 21.4. The van der Waals surface area contributed by atoms with Gasteiger partial charge in [-0.2, -0.15) is 0 Å². The highest BCUT2D eigenvalue weighted by Crippen LogP contribution is 2.25. The molecule has 1 aromatic rings. The molecule has 3 atom stereocenters. The summed E-state index contributed by atoms with van der Waals surface area (Å²) in [5, 5.41) is 4.44. The van der Waals surface area contributed by atoms with E-state index in [0.29, 0.717) is 21.7 Å². The van der Waals surface area contributed by atoms with Gasteiger partial charge in [-0.3, -0.25) is 4.21 Å². The van der Waals surface area contributed by atoms with E-state index in [-0.39, 0.29) is 6.04 Å². The van der Waals surface area contributed by atoms with E-state index >= 15 is 0 Å². The van der Waals surface area contributed by atoms with Crippen LogP contribution in [0.5, 0.6) is 0 Å². The molecule has 2 rings (SSSR count). The first kappa shape index (κ1) is 17.2. The molecule has 0 radical (unpaired) electrons. The van der Waals surface area contributed by atoms with E-state index in [2.05, 4.69) is 12.2 Å². The molecule has 0 aliphatic carbocycles. The first-order valence-corrected chi connectivity index (χ1v) is 9.34. The Morgan fingerprint density at radius 2 is 2.24 bits per heavy atom. The summed E-state index contributed by atoms with van der Waals surface area (Å²) in [4.78, 5) is 0.728. The molecule has 1 saturated heterocycles. The molecule has 0 saturated carbocycles. The third kappa shape index (κ3) is 4.93. The molecule has 1 fully saturated rings. The van der Waals surface area contributed by atoms with Crippen molar-refractivity contribution in [3.05, 3.63) is 28.2 Å². The Kier molecular flexibility index (Phi) is 6.96. The summed E-state index contributed by atoms with van der Waals surface area (Å²) >= 11 is 11.9. The second-order valence-corrected chi connectivity index (χ2v) is 7.58. The maximum Gasteiger partial charge on any atom is 0.0604 e. The summed E-state index contributed by atoms with van der Waals surface area (Å²) in [7, 11) is -1.09. The molecule has 21 heavy (non-hydrogen) atoms. The fourth-order valence-electron chi connectivity index (χ4n) is 2.44. The van der Waals surface area contributed by atoms with Gasteiger partial charge in [0, 0.05) is 29.2 Å². The van der Waals surface area contributed by atoms with Crippen LogP contribution in [0.4, 0.5) is 0 Å². The van der Waals surface area contributed by atoms with E-state index in [4.69, 9.17) is 27.9 Å². The highest BCUT2D eigenvalue weighted by atomic mass is 35.5. The molecule has 3 nitrogen and oxygen atoms in total. The van der Waals surface area contributed by atoms with E-state index in [9.17, 15) is 4.21 Å². The minimum Gasteiger partial charge on any atom is -0.381 e. The number of hydrogen-bond donors (Lipinski definition) is 1. The first-order chi connectivity index (χ1) is 10.1. The minimum atomic E-state index is -1.09. The Balaban J connectivity index is 2.03. The van der Waals surface area contributed by atoms with Crippen LogP contribution in [0, 0.1) is 5.92 Å². The molecule has 0 bridgehead atoms. The van der Waals surface area contributed by atoms with Gasteiger partial charge in [-0.15, -0.1) is 0 Å². The summed E-state index contributed by atoms with van der Waals surface area (Å²) in [5.41, 5.74) is 0. The van der Waals surface area contributed by atoms with E-state index in [1.54, 1.807) is 18.2 Å². The second kappa shape index (κ2) is 8.49. The lowest BCUT2D eigenvalue weighted by molar-refractivity contribution is 0.179. The van der Waals surface area contributed by atoms with E-state index in [1.165, 1.54) is 0 Å². The van der Waals surface area contributed by atoms with Gasteiger partial charge in [-0.05, 0) is 37.6 Å². The molecule has 3 unspecified atom stereocenters. The van der Waals surface area contributed by atoms with Crippen molar-refractivity contribution in [2.24, 2.45) is 5.92 Å². The van der Waals surface area contributed by atoms with Crippen LogP contribution in [0.15, 0.2) is 23.1 Å². The molecule has 1 aliphatic rings. The van der Waals surface area contributed by atoms with Crippen molar-refractivity contribution in [3.63, 3.8) is 0 Å². The number of halogens is 2. The number of hydrogen-bond acceptors (Lipinski definition) is 3. The zero-order valence-electron chi connectivity index (χ0n) is 12.1. The Hall–Kier alpha value is -0.130. The smallest absolute Gasteiger partial charge is 0.0604 e. The van der Waals surface area contributed by atoms with Crippen LogP contribution in [0.1, 0.15) is 19.8 Å². The predicted octanol–water partition coefficient (Wildman–Crippen LogP) is 3.51. The number of nitrogens with one attached hydrogen (secondary N) is 1. The SMILES string of the molecule is CCCNC(CS(=O)c1ccc(Cl)c(Cl)c1)C1CCOC1. The fraction of sp³-hybridized carbons (Fsp3) is 0.600. The van der Waals surface area contributed by atoms with Crippen molar-refractivity contribution in [2.75, 3.05) is 25.5 Å². The molecular weight excluding hydrogens is 329 g/mol. The molecular formula is C15H21Cl2NO2S. The van der Waals surface area contributed by atoms with Crippen LogP contribution in [0.25, 0.3) is 0 Å². The van der Waals surface area contributed by atoms with Crippen molar-refractivity contribution in [1.29, 1.82) is 0 Å². The lowest BCUT2D eigenvalue weighted by Gasteiger charge is -2.23. The van der Waals surface area contributed by atoms with Crippen LogP contribution in [-0.2, 0) is 15.5 Å². The fourth-order valence-corrected chi connectivity index (χ4v) is 4.18. The van der Waals surface area contributed by atoms with Crippen molar-refractivity contribution in [2.45, 2.75) is 30.7 Å². The molecule has 118 valence electrons. The van der Waals surface area contributed by atoms with E-state index in [0.717, 1.165) is 37.5 Å². The monoisotopic (exact) mass is 349 g/mol. The zero-order valence-corrected chi connectivity index (χ0v) is 14.4. The van der Waals surface area contributed by atoms with Gasteiger partial charge in [-0.25, -0.2) is 0 Å². The highest BCUT2D eigenvalue weighted by molar-refractivity contribution is 7.85. The van der Waals surface area contributed by atoms with Crippen molar-refractivity contribution in [1.82, 2.24) is 5.32 Å². The van der Waals surface area contributed by atoms with Crippen molar-refractivity contribution < 1.29 is 8.95 Å². The molecule has 6 heteroatoms. The van der Waals surface area contributed by atoms with Crippen molar-refractivity contribution >= 4 is 34.0 Å². The second-order valence-electron chi connectivity index (χ2n) is 5.27. The summed E-state index contributed by atoms with van der Waals surface area (Å²) in [6.07, 6.45) is 2.09. The van der Waals surface area contributed by atoms with Crippen LogP contribution in [-0.4, -0.2) is 35.8 Å². The van der Waals surface area contributed by atoms with Gasteiger partial charge in [0.05, 0.1) is 27.5 Å². The summed E-state index contributed by atoms with van der Waals surface area (Å²) in [6, 6.07) is 5.39. The highest BCUT2D eigenvalue weighted by Gasteiger charge is 2.27. The molecule has 0 amide bonds. The largest absolute Gasteiger partial charge is 0.381 e. The topological polar surface area (TPSA) is 38.3 Å². The number of benzene rings is 1. The Bertz CT molecular complexity index is 493. The van der Waals surface area contributed by atoms with Gasteiger partial charge in [0.2, 0.25) is 0 Å². The third-order valence-corrected chi connectivity index (χ3v) is 5.86. The average Bonchev–Trinajstić information content (AvgIpc) is 3.00. The molecule has 1 N–H and O–H groups in total. The van der Waals surface area contributed by atoms with Crippen LogP contribution < -0.4 is 5.32 Å². The van der Waals surface area contributed by atoms with Crippen LogP contribution >= 0.6 is 23.2 Å². The quantitative estimate of drug-likeness (QED) is 0.818. The van der Waals surface area contributed by atoms with Crippen LogP contribution in [0.3, 0.4) is 0 Å². The third-order valence-electron chi connectivity index (χ3n) is 3.68. The van der Waals surface area contributed by atoms with Gasteiger partial charge in [0.15, 0.2) is 0 Å². The van der Waals surface area contributed by atoms with Gasteiger partial charge >= 0.3 is 0 Å². The average molecular weight is 350 g/mol. The lowest BCUT2D eigenvalue weighted by Crippen LogP contribution is -2.41. The summed E-state index contributed by atoms with van der Waals surface area (Å²) in [6.45, 7) is 4.61. The Labute approximate surface area is 138 Å². The zero-order chi connectivity index (χ0) is 15.2. The Morgan fingerprint density at radius 3 is 2.86 bits per heavy atom. The van der Waals surface area contributed by atoms with Gasteiger partial charge in [0.1, 0.15) is 0 Å². The predicted molar refractivity (Wildman–Crippen MR) is 88.7 cm³/mol. The molecule has 1 aromatic carbocycles. The molecule has 0 spiro atoms. The summed E-state index contributed by atoms with van der Waals surface area (Å²) in [5.74, 6) is 1.01. The van der Waals surface area contributed by atoms with Gasteiger partial charge < -0.3 is 10.1 Å². The molecule has 0 aromatic heterocycles. The molecule has 1 aliphatic heterocycles. The minimum absolute atomic E-state index is 0.211. The van der Waals surface area contributed by atoms with Gasteiger partial charge in [0.25, 0.3) is 0 Å². The summed E-state index contributed by atoms with van der Waals surface area (Å²) < 4.78 is 18.0. The Morgan fingerprint density at radius 1 is 1.43 bits per heavy atom. The maximum atomic E-state index is 12.6.